The third-order valence-corrected chi connectivity index (χ3v) is 2.37. The van der Waals surface area contributed by atoms with Crippen molar-refractivity contribution in [1.82, 2.24) is 4.57 Å². The molecule has 15 heavy (non-hydrogen) atoms. The van der Waals surface area contributed by atoms with Crippen LogP contribution in [-0.2, 0) is 0 Å². The Labute approximate surface area is 91.9 Å². The molecule has 76 valence electrons. The molecule has 0 saturated heterocycles. The van der Waals surface area contributed by atoms with E-state index in [1.54, 1.807) is 29.0 Å². The van der Waals surface area contributed by atoms with Gasteiger partial charge in [-0.2, -0.15) is 0 Å². The smallest absolute Gasteiger partial charge is 0.176 e. The summed E-state index contributed by atoms with van der Waals surface area (Å²) in [6, 6.07) is 12.7. The van der Waals surface area contributed by atoms with Crippen LogP contribution in [0.2, 0.25) is 5.02 Å². The van der Waals surface area contributed by atoms with Crippen molar-refractivity contribution in [3.05, 3.63) is 59.2 Å². The Kier molecular flexibility index (Phi) is 2.74. The second-order valence-corrected chi connectivity index (χ2v) is 3.39. The Morgan fingerprint density at radius 1 is 1.07 bits per heavy atom. The molecule has 0 atom stereocenters. The molecule has 0 fully saturated rings. The van der Waals surface area contributed by atoms with Crippen LogP contribution in [0.5, 0.6) is 0 Å². The van der Waals surface area contributed by atoms with E-state index in [0.717, 1.165) is 5.69 Å². The third kappa shape index (κ3) is 1.87. The average Bonchev–Trinajstić information content (AvgIpc) is 2.30. The molecule has 4 heteroatoms. The quantitative estimate of drug-likeness (QED) is 0.582. The summed E-state index contributed by atoms with van der Waals surface area (Å²) < 4.78 is 1.71. The van der Waals surface area contributed by atoms with E-state index in [2.05, 4.69) is 5.16 Å². The first-order valence-electron chi connectivity index (χ1n) is 4.43. The van der Waals surface area contributed by atoms with Gasteiger partial charge in [0.1, 0.15) is 0 Å². The average molecular weight is 221 g/mol. The largest absolute Gasteiger partial charge is 0.409 e. The summed E-state index contributed by atoms with van der Waals surface area (Å²) >= 11 is 6.04. The van der Waals surface area contributed by atoms with Crippen LogP contribution in [0.15, 0.2) is 53.8 Å². The van der Waals surface area contributed by atoms with Crippen LogP contribution in [0.4, 0.5) is 0 Å². The predicted octanol–water partition coefficient (Wildman–Crippen LogP) is 2.42. The fraction of sp³-hybridized carbons (Fsp3) is 0. The highest BCUT2D eigenvalue weighted by atomic mass is 35.5. The molecule has 1 N–H and O–H groups in total. The van der Waals surface area contributed by atoms with Crippen molar-refractivity contribution in [2.45, 2.75) is 0 Å². The monoisotopic (exact) mass is 220 g/mol. The minimum Gasteiger partial charge on any atom is -0.409 e. The van der Waals surface area contributed by atoms with Crippen molar-refractivity contribution < 1.29 is 5.21 Å². The molecule has 0 saturated carbocycles. The molecule has 0 radical (unpaired) electrons. The van der Waals surface area contributed by atoms with Crippen LogP contribution in [-0.4, -0.2) is 9.77 Å². The van der Waals surface area contributed by atoms with E-state index >= 15 is 0 Å². The zero-order valence-electron chi connectivity index (χ0n) is 7.84. The van der Waals surface area contributed by atoms with Gasteiger partial charge in [-0.25, -0.2) is 0 Å². The number of hydrogen-bond acceptors (Lipinski definition) is 2. The maximum absolute atomic E-state index is 8.83. The lowest BCUT2D eigenvalue weighted by Gasteiger charge is -2.07. The van der Waals surface area contributed by atoms with Gasteiger partial charge in [-0.1, -0.05) is 35.0 Å². The molecular weight excluding hydrogens is 212 g/mol. The van der Waals surface area contributed by atoms with E-state index in [1.807, 2.05) is 24.3 Å². The summed E-state index contributed by atoms with van der Waals surface area (Å²) in [5, 5.41) is 12.6. The predicted molar refractivity (Wildman–Crippen MR) is 58.1 cm³/mol. The van der Waals surface area contributed by atoms with Crippen LogP contribution in [0.3, 0.4) is 0 Å². The molecule has 1 aromatic heterocycles. The summed E-state index contributed by atoms with van der Waals surface area (Å²) in [4.78, 5) is 0. The number of halogens is 1. The molecule has 1 aromatic carbocycles. The molecule has 2 aromatic rings. The fourth-order valence-electron chi connectivity index (χ4n) is 1.37. The van der Waals surface area contributed by atoms with Gasteiger partial charge in [0.2, 0.25) is 0 Å². The van der Waals surface area contributed by atoms with E-state index < -0.39 is 0 Å². The number of aromatic nitrogens is 1. The van der Waals surface area contributed by atoms with Gasteiger partial charge in [-0.3, -0.25) is 4.57 Å². The van der Waals surface area contributed by atoms with Crippen LogP contribution < -0.4 is 5.49 Å². The highest BCUT2D eigenvalue weighted by Gasteiger charge is 2.01. The molecule has 0 aliphatic heterocycles. The first kappa shape index (κ1) is 9.80. The Morgan fingerprint density at radius 3 is 2.53 bits per heavy atom. The highest BCUT2D eigenvalue weighted by Crippen LogP contribution is 2.17. The zero-order chi connectivity index (χ0) is 10.7. The number of nitrogens with zero attached hydrogens (tertiary/aromatic N) is 2. The van der Waals surface area contributed by atoms with E-state index in [1.165, 1.54) is 0 Å². The van der Waals surface area contributed by atoms with Crippen molar-refractivity contribution in [1.29, 1.82) is 0 Å². The molecule has 0 aliphatic rings. The first-order chi connectivity index (χ1) is 7.33. The summed E-state index contributed by atoms with van der Waals surface area (Å²) in [7, 11) is 0. The highest BCUT2D eigenvalue weighted by molar-refractivity contribution is 6.32. The van der Waals surface area contributed by atoms with Gasteiger partial charge in [0, 0.05) is 6.20 Å². The molecular formula is C11H9ClN2O. The van der Waals surface area contributed by atoms with Crippen molar-refractivity contribution in [2.24, 2.45) is 5.16 Å². The summed E-state index contributed by atoms with van der Waals surface area (Å²) in [6.45, 7) is 0. The van der Waals surface area contributed by atoms with Gasteiger partial charge < -0.3 is 5.21 Å². The Hall–Kier alpha value is -1.74. The van der Waals surface area contributed by atoms with Gasteiger partial charge in [0.15, 0.2) is 5.49 Å². The minimum atomic E-state index is 0.436. The first-order valence-corrected chi connectivity index (χ1v) is 4.81. The van der Waals surface area contributed by atoms with Crippen molar-refractivity contribution in [2.75, 3.05) is 0 Å². The molecule has 0 amide bonds. The lowest BCUT2D eigenvalue weighted by atomic mass is 10.3. The van der Waals surface area contributed by atoms with Crippen molar-refractivity contribution in [3.63, 3.8) is 0 Å². The summed E-state index contributed by atoms with van der Waals surface area (Å²) in [5.41, 5.74) is 1.22. The van der Waals surface area contributed by atoms with Crippen molar-refractivity contribution in [3.8, 4) is 5.69 Å². The molecule has 0 bridgehead atoms. The summed E-state index contributed by atoms with van der Waals surface area (Å²) in [6.07, 6.45) is 1.79. The Morgan fingerprint density at radius 2 is 1.80 bits per heavy atom. The number of pyridine rings is 1. The maximum Gasteiger partial charge on any atom is 0.176 e. The topological polar surface area (TPSA) is 37.5 Å². The molecule has 0 aliphatic carbocycles. The van der Waals surface area contributed by atoms with E-state index in [-0.39, 0.29) is 0 Å². The van der Waals surface area contributed by atoms with Crippen molar-refractivity contribution >= 4 is 11.6 Å². The lowest BCUT2D eigenvalue weighted by Crippen LogP contribution is -2.17. The summed E-state index contributed by atoms with van der Waals surface area (Å²) in [5.74, 6) is 0. The second kappa shape index (κ2) is 4.19. The van der Waals surface area contributed by atoms with Crippen LogP contribution in [0, 0.1) is 0 Å². The van der Waals surface area contributed by atoms with Gasteiger partial charge in [-0.05, 0) is 24.3 Å². The molecule has 0 unspecified atom stereocenters. The van der Waals surface area contributed by atoms with Crippen LogP contribution in [0.25, 0.3) is 5.69 Å². The number of hydrogen-bond donors (Lipinski definition) is 1. The van der Waals surface area contributed by atoms with Gasteiger partial charge in [0.25, 0.3) is 0 Å². The number of rotatable bonds is 1. The standard InChI is InChI=1S/C11H9ClN2O/c12-9-5-1-2-6-10(9)14-8-4-3-7-11(14)13-15/h1-8,15H/b13-11+. The second-order valence-electron chi connectivity index (χ2n) is 2.98. The SMILES string of the molecule is O/N=c1\ccccn1-c1ccccc1Cl. The Balaban J connectivity index is 2.70. The number of para-hydroxylation sites is 1. The number of benzene rings is 1. The Bertz CT molecular complexity index is 534. The minimum absolute atomic E-state index is 0.436. The van der Waals surface area contributed by atoms with E-state index in [0.29, 0.717) is 10.5 Å². The molecule has 0 spiro atoms. The molecule has 1 heterocycles. The van der Waals surface area contributed by atoms with Gasteiger partial charge in [-0.15, -0.1) is 0 Å². The molecule has 3 nitrogen and oxygen atoms in total. The normalized spacial score (nSPS) is 11.7. The maximum atomic E-state index is 8.83. The molecule has 2 rings (SSSR count). The third-order valence-electron chi connectivity index (χ3n) is 2.05. The van der Waals surface area contributed by atoms with Crippen LogP contribution in [0.1, 0.15) is 0 Å². The zero-order valence-corrected chi connectivity index (χ0v) is 8.59. The van der Waals surface area contributed by atoms with Gasteiger partial charge >= 0.3 is 0 Å². The fourth-order valence-corrected chi connectivity index (χ4v) is 1.59. The van der Waals surface area contributed by atoms with Gasteiger partial charge in [0.05, 0.1) is 10.7 Å². The van der Waals surface area contributed by atoms with E-state index in [4.69, 9.17) is 16.8 Å². The van der Waals surface area contributed by atoms with Crippen LogP contribution >= 0.6 is 11.6 Å². The van der Waals surface area contributed by atoms with E-state index in [9.17, 15) is 0 Å². The lowest BCUT2D eigenvalue weighted by molar-refractivity contribution is 0.296.